The summed E-state index contributed by atoms with van der Waals surface area (Å²) in [4.78, 5) is 0. The molecule has 1 nitrogen and oxygen atoms in total. The van der Waals surface area contributed by atoms with Gasteiger partial charge in [-0.15, -0.1) is 11.3 Å². The topological polar surface area (TPSA) is 13.1 Å². The summed E-state index contributed by atoms with van der Waals surface area (Å²) in [6.07, 6.45) is 8.94. The molecule has 0 aliphatic heterocycles. The highest BCUT2D eigenvalue weighted by Crippen LogP contribution is 2.45. The van der Waals surface area contributed by atoms with Gasteiger partial charge in [0.1, 0.15) is 11.2 Å². The smallest absolute Gasteiger partial charge is 0.143 e. The molecule has 1 aliphatic carbocycles. The van der Waals surface area contributed by atoms with Gasteiger partial charge in [-0.1, -0.05) is 115 Å². The normalized spacial score (nSPS) is 13.5. The summed E-state index contributed by atoms with van der Waals surface area (Å²) in [5.41, 5.74) is 9.58. The minimum atomic E-state index is 0.919. The van der Waals surface area contributed by atoms with E-state index in [0.29, 0.717) is 0 Å². The second-order valence-corrected chi connectivity index (χ2v) is 14.6. The highest BCUT2D eigenvalue weighted by atomic mass is 32.1. The number of furan rings is 1. The zero-order chi connectivity index (χ0) is 32.8. The van der Waals surface area contributed by atoms with Gasteiger partial charge in [-0.05, 0) is 116 Å². The Bertz CT molecular complexity index is 3040. The van der Waals surface area contributed by atoms with Crippen molar-refractivity contribution in [2.45, 2.75) is 12.8 Å². The number of allylic oxidation sites excluding steroid dienone is 4. The fourth-order valence-electron chi connectivity index (χ4n) is 8.49. The molecule has 0 bridgehead atoms. The molecule has 234 valence electrons. The first-order chi connectivity index (χ1) is 24.8. The lowest BCUT2D eigenvalue weighted by Crippen LogP contribution is -1.95. The average molecular weight is 655 g/mol. The molecule has 8 aromatic carbocycles. The van der Waals surface area contributed by atoms with Gasteiger partial charge in [-0.25, -0.2) is 0 Å². The van der Waals surface area contributed by atoms with Crippen molar-refractivity contribution in [3.63, 3.8) is 0 Å². The van der Waals surface area contributed by atoms with Crippen LogP contribution in [0.15, 0.2) is 162 Å². The fourth-order valence-corrected chi connectivity index (χ4v) is 9.61. The van der Waals surface area contributed by atoms with Crippen molar-refractivity contribution < 1.29 is 4.42 Å². The van der Waals surface area contributed by atoms with Gasteiger partial charge < -0.3 is 4.42 Å². The van der Waals surface area contributed by atoms with Crippen molar-refractivity contribution in [1.29, 1.82) is 0 Å². The van der Waals surface area contributed by atoms with Crippen molar-refractivity contribution in [2.75, 3.05) is 0 Å². The van der Waals surface area contributed by atoms with E-state index in [-0.39, 0.29) is 0 Å². The van der Waals surface area contributed by atoms with Crippen LogP contribution in [0.3, 0.4) is 0 Å². The van der Waals surface area contributed by atoms with E-state index < -0.39 is 0 Å². The number of benzene rings is 8. The largest absolute Gasteiger partial charge is 0.455 e. The van der Waals surface area contributed by atoms with E-state index in [0.717, 1.165) is 34.8 Å². The molecule has 0 radical (unpaired) electrons. The molecule has 50 heavy (non-hydrogen) atoms. The second-order valence-electron chi connectivity index (χ2n) is 13.5. The third-order valence-corrected chi connectivity index (χ3v) is 11.9. The van der Waals surface area contributed by atoms with Gasteiger partial charge >= 0.3 is 0 Å². The summed E-state index contributed by atoms with van der Waals surface area (Å²) < 4.78 is 9.28. The molecular weight excluding hydrogens is 625 g/mol. The van der Waals surface area contributed by atoms with Crippen LogP contribution in [0.25, 0.3) is 102 Å². The first-order valence-corrected chi connectivity index (χ1v) is 18.2. The lowest BCUT2D eigenvalue weighted by atomic mass is 9.83. The Morgan fingerprint density at radius 2 is 1.12 bits per heavy atom. The predicted molar refractivity (Wildman–Crippen MR) is 216 cm³/mol. The van der Waals surface area contributed by atoms with Crippen molar-refractivity contribution in [2.24, 2.45) is 0 Å². The molecule has 2 heteroatoms. The summed E-state index contributed by atoms with van der Waals surface area (Å²) in [6, 6.07) is 51.4. The fraction of sp³-hybridized carbons (Fsp3) is 0.0417. The standard InChI is InChI=1S/C48H30OS/c1-2-11-29(12-3-1)45-33-15-4-6-17-35(33)46(36-18-7-5-16-34(36)45)32-14-10-13-30(27-32)31-21-25-42-41(28-31)39-23-22-37-38(48(39)49-42)24-26-44-47(37)40-19-8-9-20-43(40)50-44/h1-2,4-11,13-28H,3,12H2. The number of rotatable bonds is 3. The predicted octanol–water partition coefficient (Wildman–Crippen LogP) is 14.5. The van der Waals surface area contributed by atoms with E-state index >= 15 is 0 Å². The molecule has 0 amide bonds. The maximum atomic E-state index is 6.64. The molecule has 0 atom stereocenters. The Balaban J connectivity index is 1.09. The van der Waals surface area contributed by atoms with E-state index in [1.807, 2.05) is 11.3 Å². The van der Waals surface area contributed by atoms with Crippen molar-refractivity contribution >= 4 is 91.3 Å². The van der Waals surface area contributed by atoms with Crippen LogP contribution in [0.2, 0.25) is 0 Å². The maximum absolute atomic E-state index is 6.64. The zero-order valence-corrected chi connectivity index (χ0v) is 28.1. The van der Waals surface area contributed by atoms with Gasteiger partial charge in [0.25, 0.3) is 0 Å². The molecule has 10 aromatic rings. The van der Waals surface area contributed by atoms with Crippen LogP contribution in [0.5, 0.6) is 0 Å². The van der Waals surface area contributed by atoms with Gasteiger partial charge in [0.15, 0.2) is 0 Å². The SMILES string of the molecule is C1=CCCC(c2c3ccccc3c(-c3cccc(-c4ccc5oc6c(ccc7c6ccc6sc8ccccc8c67)c5c4)c3)c3ccccc23)=C1. The molecule has 11 rings (SSSR count). The second kappa shape index (κ2) is 10.8. The van der Waals surface area contributed by atoms with Crippen LogP contribution < -0.4 is 0 Å². The van der Waals surface area contributed by atoms with E-state index in [1.54, 1.807) is 0 Å². The number of thiophene rings is 1. The molecule has 0 N–H and O–H groups in total. The summed E-state index contributed by atoms with van der Waals surface area (Å²) in [5, 5.41) is 12.6. The lowest BCUT2D eigenvalue weighted by Gasteiger charge is -2.20. The molecule has 0 saturated heterocycles. The van der Waals surface area contributed by atoms with E-state index in [4.69, 9.17) is 4.42 Å². The highest BCUT2D eigenvalue weighted by Gasteiger charge is 2.19. The Morgan fingerprint density at radius 1 is 0.460 bits per heavy atom. The highest BCUT2D eigenvalue weighted by molar-refractivity contribution is 7.26. The van der Waals surface area contributed by atoms with Crippen LogP contribution >= 0.6 is 11.3 Å². The van der Waals surface area contributed by atoms with E-state index in [2.05, 4.69) is 158 Å². The van der Waals surface area contributed by atoms with Crippen LogP contribution in [0.4, 0.5) is 0 Å². The summed E-state index contributed by atoms with van der Waals surface area (Å²) in [5.74, 6) is 0. The van der Waals surface area contributed by atoms with E-state index in [1.165, 1.54) is 85.9 Å². The Morgan fingerprint density at radius 3 is 1.90 bits per heavy atom. The minimum absolute atomic E-state index is 0.919. The first-order valence-electron chi connectivity index (χ1n) is 17.4. The molecule has 0 unspecified atom stereocenters. The quantitative estimate of drug-likeness (QED) is 0.173. The van der Waals surface area contributed by atoms with Gasteiger partial charge in [-0.2, -0.15) is 0 Å². The van der Waals surface area contributed by atoms with Gasteiger partial charge in [0, 0.05) is 36.3 Å². The summed E-state index contributed by atoms with van der Waals surface area (Å²) >= 11 is 1.86. The van der Waals surface area contributed by atoms with Crippen molar-refractivity contribution in [1.82, 2.24) is 0 Å². The van der Waals surface area contributed by atoms with Crippen LogP contribution in [-0.4, -0.2) is 0 Å². The maximum Gasteiger partial charge on any atom is 0.143 e. The molecule has 0 saturated carbocycles. The average Bonchev–Trinajstić information content (AvgIpc) is 3.75. The monoisotopic (exact) mass is 654 g/mol. The number of fused-ring (bicyclic) bond motifs is 11. The van der Waals surface area contributed by atoms with Crippen LogP contribution in [-0.2, 0) is 0 Å². The number of hydrogen-bond donors (Lipinski definition) is 0. The Labute approximate surface area is 293 Å². The third-order valence-electron chi connectivity index (χ3n) is 10.7. The van der Waals surface area contributed by atoms with Gasteiger partial charge in [-0.3, -0.25) is 0 Å². The summed E-state index contributed by atoms with van der Waals surface area (Å²) in [7, 11) is 0. The van der Waals surface area contributed by atoms with Crippen molar-refractivity contribution in [3.8, 4) is 22.3 Å². The van der Waals surface area contributed by atoms with Gasteiger partial charge in [0.05, 0.1) is 0 Å². The first kappa shape index (κ1) is 27.9. The molecule has 1 aliphatic rings. The van der Waals surface area contributed by atoms with Crippen LogP contribution in [0.1, 0.15) is 18.4 Å². The third kappa shape index (κ3) is 4.06. The lowest BCUT2D eigenvalue weighted by molar-refractivity contribution is 0.673. The Kier molecular flexibility index (Phi) is 6.02. The zero-order valence-electron chi connectivity index (χ0n) is 27.2. The van der Waals surface area contributed by atoms with E-state index in [9.17, 15) is 0 Å². The van der Waals surface area contributed by atoms with Crippen LogP contribution in [0, 0.1) is 0 Å². The number of hydrogen-bond acceptors (Lipinski definition) is 2. The Hall–Kier alpha value is -5.96. The molecule has 0 fully saturated rings. The molecular formula is C48H30OS. The molecule has 2 aromatic heterocycles. The molecule has 2 heterocycles. The summed E-state index contributed by atoms with van der Waals surface area (Å²) in [6.45, 7) is 0. The van der Waals surface area contributed by atoms with Gasteiger partial charge in [0.2, 0.25) is 0 Å². The minimum Gasteiger partial charge on any atom is -0.455 e. The van der Waals surface area contributed by atoms with Crippen molar-refractivity contribution in [3.05, 3.63) is 163 Å². The molecule has 0 spiro atoms.